The summed E-state index contributed by atoms with van der Waals surface area (Å²) in [6.45, 7) is -0.128. The molecule has 1 aliphatic rings. The number of carbonyl (C=O) groups is 1. The summed E-state index contributed by atoms with van der Waals surface area (Å²) in [6.07, 6.45) is 0.885. The van der Waals surface area contributed by atoms with Gasteiger partial charge in [0.1, 0.15) is 12.1 Å². The molecule has 0 radical (unpaired) electrons. The van der Waals surface area contributed by atoms with Crippen molar-refractivity contribution in [3.05, 3.63) is 93.8 Å². The standard InChI is InChI=1S/C22H15N3O2/c26-21(13-25-22(27)18-7-3-4-8-20(18)23-24-25)16-10-9-15-11-14-5-1-2-6-17(14)19(15)12-16/h1-10,12H,11,13H2. The van der Waals surface area contributed by atoms with Crippen molar-refractivity contribution < 1.29 is 4.79 Å². The average Bonchev–Trinajstić information content (AvgIpc) is 3.08. The second-order valence-corrected chi connectivity index (χ2v) is 6.70. The molecular formula is C22H15N3O2. The second-order valence-electron chi connectivity index (χ2n) is 6.70. The highest BCUT2D eigenvalue weighted by Gasteiger charge is 2.20. The third-order valence-corrected chi connectivity index (χ3v) is 5.04. The molecule has 4 aromatic rings. The van der Waals surface area contributed by atoms with Gasteiger partial charge in [0.15, 0.2) is 5.78 Å². The Morgan fingerprint density at radius 1 is 0.926 bits per heavy atom. The molecule has 0 fully saturated rings. The van der Waals surface area contributed by atoms with Gasteiger partial charge < -0.3 is 0 Å². The van der Waals surface area contributed by atoms with E-state index in [1.54, 1.807) is 24.3 Å². The Balaban J connectivity index is 1.50. The Kier molecular flexibility index (Phi) is 3.47. The van der Waals surface area contributed by atoms with Crippen LogP contribution in [0.2, 0.25) is 0 Å². The summed E-state index contributed by atoms with van der Waals surface area (Å²) in [5, 5.41) is 8.41. The Labute approximate surface area is 154 Å². The zero-order valence-corrected chi connectivity index (χ0v) is 14.4. The van der Waals surface area contributed by atoms with E-state index in [0.29, 0.717) is 16.5 Å². The molecular weight excluding hydrogens is 338 g/mol. The molecule has 27 heavy (non-hydrogen) atoms. The zero-order chi connectivity index (χ0) is 18.4. The smallest absolute Gasteiger partial charge is 0.278 e. The summed E-state index contributed by atoms with van der Waals surface area (Å²) in [4.78, 5) is 25.3. The molecule has 0 atom stereocenters. The number of hydrogen-bond acceptors (Lipinski definition) is 4. The van der Waals surface area contributed by atoms with Crippen LogP contribution >= 0.6 is 0 Å². The monoisotopic (exact) mass is 353 g/mol. The van der Waals surface area contributed by atoms with Gasteiger partial charge in [-0.15, -0.1) is 5.10 Å². The van der Waals surface area contributed by atoms with Crippen molar-refractivity contribution in [1.29, 1.82) is 0 Å². The number of benzene rings is 3. The molecule has 5 rings (SSSR count). The summed E-state index contributed by atoms with van der Waals surface area (Å²) in [7, 11) is 0. The van der Waals surface area contributed by atoms with Crippen molar-refractivity contribution in [2.24, 2.45) is 0 Å². The van der Waals surface area contributed by atoms with E-state index in [2.05, 4.69) is 22.4 Å². The molecule has 5 heteroatoms. The predicted octanol–water partition coefficient (Wildman–Crippen LogP) is 3.25. The van der Waals surface area contributed by atoms with Crippen molar-refractivity contribution in [3.63, 3.8) is 0 Å². The van der Waals surface area contributed by atoms with Gasteiger partial charge in [-0.3, -0.25) is 9.59 Å². The lowest BCUT2D eigenvalue weighted by Crippen LogP contribution is -2.27. The third-order valence-electron chi connectivity index (χ3n) is 5.04. The first-order valence-corrected chi connectivity index (χ1v) is 8.78. The van der Waals surface area contributed by atoms with Crippen LogP contribution in [0.15, 0.2) is 71.5 Å². The van der Waals surface area contributed by atoms with Gasteiger partial charge in [-0.05, 0) is 46.9 Å². The van der Waals surface area contributed by atoms with E-state index in [4.69, 9.17) is 0 Å². The fourth-order valence-electron chi connectivity index (χ4n) is 3.65. The maximum Gasteiger partial charge on any atom is 0.278 e. The van der Waals surface area contributed by atoms with Crippen LogP contribution in [0, 0.1) is 0 Å². The summed E-state index contributed by atoms with van der Waals surface area (Å²) in [6, 6.07) is 21.0. The van der Waals surface area contributed by atoms with Gasteiger partial charge in [0, 0.05) is 5.56 Å². The molecule has 0 saturated heterocycles. The van der Waals surface area contributed by atoms with Gasteiger partial charge in [0.2, 0.25) is 0 Å². The second kappa shape index (κ2) is 5.99. The lowest BCUT2D eigenvalue weighted by Gasteiger charge is -2.07. The van der Waals surface area contributed by atoms with Gasteiger partial charge in [0.05, 0.1) is 5.39 Å². The topological polar surface area (TPSA) is 64.8 Å². The van der Waals surface area contributed by atoms with Crippen LogP contribution in [0.3, 0.4) is 0 Å². The number of hydrogen-bond donors (Lipinski definition) is 0. The first kappa shape index (κ1) is 15.6. The molecule has 0 amide bonds. The van der Waals surface area contributed by atoms with Crippen molar-refractivity contribution in [1.82, 2.24) is 15.0 Å². The Morgan fingerprint density at radius 3 is 2.63 bits per heavy atom. The number of aromatic nitrogens is 3. The van der Waals surface area contributed by atoms with E-state index in [1.165, 1.54) is 16.7 Å². The Hall–Kier alpha value is -3.60. The Morgan fingerprint density at radius 2 is 1.70 bits per heavy atom. The minimum Gasteiger partial charge on any atom is -0.292 e. The molecule has 1 aliphatic carbocycles. The zero-order valence-electron chi connectivity index (χ0n) is 14.4. The van der Waals surface area contributed by atoms with Crippen LogP contribution in [0.4, 0.5) is 0 Å². The highest BCUT2D eigenvalue weighted by Crippen LogP contribution is 2.36. The molecule has 0 saturated carbocycles. The first-order valence-electron chi connectivity index (χ1n) is 8.78. The highest BCUT2D eigenvalue weighted by molar-refractivity contribution is 5.98. The van der Waals surface area contributed by atoms with E-state index in [0.717, 1.165) is 16.7 Å². The predicted molar refractivity (Wildman–Crippen MR) is 103 cm³/mol. The normalized spacial score (nSPS) is 12.0. The van der Waals surface area contributed by atoms with Crippen molar-refractivity contribution in [3.8, 4) is 11.1 Å². The van der Waals surface area contributed by atoms with Gasteiger partial charge in [-0.2, -0.15) is 0 Å². The number of fused-ring (bicyclic) bond motifs is 4. The number of ketones is 1. The number of Topliss-reactive ketones (excluding diaryl/α,β-unsaturated/α-hetero) is 1. The third kappa shape index (κ3) is 2.56. The van der Waals surface area contributed by atoms with Crippen molar-refractivity contribution >= 4 is 16.7 Å². The van der Waals surface area contributed by atoms with Crippen LogP contribution < -0.4 is 5.56 Å². The van der Waals surface area contributed by atoms with Crippen molar-refractivity contribution in [2.45, 2.75) is 13.0 Å². The minimum atomic E-state index is -0.305. The van der Waals surface area contributed by atoms with Crippen LogP contribution in [-0.4, -0.2) is 20.8 Å². The Bertz CT molecular complexity index is 1270. The molecule has 0 N–H and O–H groups in total. The summed E-state index contributed by atoms with van der Waals surface area (Å²) < 4.78 is 1.13. The summed E-state index contributed by atoms with van der Waals surface area (Å²) >= 11 is 0. The number of carbonyl (C=O) groups excluding carboxylic acids is 1. The van der Waals surface area contributed by atoms with Crippen LogP contribution in [0.1, 0.15) is 21.5 Å². The van der Waals surface area contributed by atoms with Crippen LogP contribution in [0.5, 0.6) is 0 Å². The fraction of sp³-hybridized carbons (Fsp3) is 0.0909. The van der Waals surface area contributed by atoms with Crippen molar-refractivity contribution in [2.75, 3.05) is 0 Å². The van der Waals surface area contributed by atoms with E-state index >= 15 is 0 Å². The maximum absolute atomic E-state index is 12.8. The fourth-order valence-corrected chi connectivity index (χ4v) is 3.65. The first-order chi connectivity index (χ1) is 13.2. The molecule has 130 valence electrons. The molecule has 0 bridgehead atoms. The largest absolute Gasteiger partial charge is 0.292 e. The SMILES string of the molecule is O=C(Cn1nnc2ccccc2c1=O)c1ccc2c(c1)-c1ccccc1C2. The van der Waals surface area contributed by atoms with Crippen LogP contribution in [-0.2, 0) is 13.0 Å². The van der Waals surface area contributed by atoms with E-state index in [-0.39, 0.29) is 17.9 Å². The van der Waals surface area contributed by atoms with Gasteiger partial charge in [-0.25, -0.2) is 4.68 Å². The number of nitrogens with zero attached hydrogens (tertiary/aromatic N) is 3. The molecule has 5 nitrogen and oxygen atoms in total. The highest BCUT2D eigenvalue weighted by atomic mass is 16.1. The lowest BCUT2D eigenvalue weighted by atomic mass is 10.0. The van der Waals surface area contributed by atoms with E-state index in [1.807, 2.05) is 30.3 Å². The molecule has 0 aliphatic heterocycles. The molecule has 1 heterocycles. The summed E-state index contributed by atoms with van der Waals surface area (Å²) in [5.74, 6) is -0.158. The van der Waals surface area contributed by atoms with Gasteiger partial charge in [0.25, 0.3) is 5.56 Å². The average molecular weight is 353 g/mol. The molecule has 1 aromatic heterocycles. The van der Waals surface area contributed by atoms with Gasteiger partial charge >= 0.3 is 0 Å². The molecule has 0 unspecified atom stereocenters. The number of rotatable bonds is 3. The maximum atomic E-state index is 12.8. The van der Waals surface area contributed by atoms with Crippen LogP contribution in [0.25, 0.3) is 22.0 Å². The van der Waals surface area contributed by atoms with E-state index < -0.39 is 0 Å². The molecule has 3 aromatic carbocycles. The van der Waals surface area contributed by atoms with E-state index in [9.17, 15) is 9.59 Å². The minimum absolute atomic E-state index is 0.128. The quantitative estimate of drug-likeness (QED) is 0.467. The summed E-state index contributed by atoms with van der Waals surface area (Å²) in [5.41, 5.74) is 5.55. The van der Waals surface area contributed by atoms with Gasteiger partial charge in [-0.1, -0.05) is 53.7 Å². The molecule has 0 spiro atoms. The lowest BCUT2D eigenvalue weighted by molar-refractivity contribution is 0.0964.